The van der Waals surface area contributed by atoms with E-state index < -0.39 is 0 Å². The number of rotatable bonds is 6. The molecule has 0 aliphatic rings. The second kappa shape index (κ2) is 6.65. The van der Waals surface area contributed by atoms with E-state index in [1.807, 2.05) is 20.9 Å². The van der Waals surface area contributed by atoms with E-state index in [1.165, 1.54) is 0 Å². The highest BCUT2D eigenvalue weighted by Gasteiger charge is 2.09. The lowest BCUT2D eigenvalue weighted by atomic mass is 10.2. The molecule has 6 heteroatoms. The van der Waals surface area contributed by atoms with Gasteiger partial charge in [0.25, 0.3) is 0 Å². The van der Waals surface area contributed by atoms with Crippen molar-refractivity contribution in [3.63, 3.8) is 0 Å². The second-order valence-electron chi connectivity index (χ2n) is 4.60. The van der Waals surface area contributed by atoms with Crippen molar-refractivity contribution in [3.05, 3.63) is 27.5 Å². The van der Waals surface area contributed by atoms with Gasteiger partial charge >= 0.3 is 0 Å². The van der Waals surface area contributed by atoms with Gasteiger partial charge in [0.1, 0.15) is 17.5 Å². The van der Waals surface area contributed by atoms with Crippen LogP contribution in [0.15, 0.2) is 5.38 Å². The fourth-order valence-electron chi connectivity index (χ4n) is 1.97. The van der Waals surface area contributed by atoms with Crippen molar-refractivity contribution < 1.29 is 0 Å². The molecular weight excluding hydrogens is 270 g/mol. The Kier molecular flexibility index (Phi) is 4.89. The van der Waals surface area contributed by atoms with Crippen molar-refractivity contribution in [3.8, 4) is 0 Å². The number of hydrogen-bond donors (Lipinski definition) is 2. The van der Waals surface area contributed by atoms with Gasteiger partial charge in [0.15, 0.2) is 0 Å². The minimum Gasteiger partial charge on any atom is -0.373 e. The van der Waals surface area contributed by atoms with Crippen LogP contribution in [0.3, 0.4) is 0 Å². The van der Waals surface area contributed by atoms with Crippen LogP contribution in [0, 0.1) is 13.8 Å². The van der Waals surface area contributed by atoms with Crippen LogP contribution >= 0.6 is 11.3 Å². The van der Waals surface area contributed by atoms with Crippen LogP contribution in [0.2, 0.25) is 0 Å². The zero-order valence-corrected chi connectivity index (χ0v) is 13.3. The molecule has 0 radical (unpaired) electrons. The Balaban J connectivity index is 2.04. The molecule has 0 saturated carbocycles. The highest BCUT2D eigenvalue weighted by atomic mass is 32.1. The number of aromatic nitrogens is 3. The third-order valence-corrected chi connectivity index (χ3v) is 3.91. The molecule has 20 heavy (non-hydrogen) atoms. The summed E-state index contributed by atoms with van der Waals surface area (Å²) in [4.78, 5) is 13.5. The Labute approximate surface area is 123 Å². The normalized spacial score (nSPS) is 10.6. The number of anilines is 2. The van der Waals surface area contributed by atoms with E-state index in [0.29, 0.717) is 0 Å². The van der Waals surface area contributed by atoms with Gasteiger partial charge in [-0.2, -0.15) is 0 Å². The van der Waals surface area contributed by atoms with Crippen LogP contribution in [0.25, 0.3) is 0 Å². The number of nitrogens with one attached hydrogen (secondary N) is 2. The lowest BCUT2D eigenvalue weighted by molar-refractivity contribution is 0.909. The summed E-state index contributed by atoms with van der Waals surface area (Å²) in [6, 6.07) is 0. The number of thiazole rings is 1. The van der Waals surface area contributed by atoms with Crippen molar-refractivity contribution in [1.29, 1.82) is 0 Å². The number of aryl methyl sites for hydroxylation is 2. The van der Waals surface area contributed by atoms with Crippen LogP contribution in [0.1, 0.15) is 29.0 Å². The van der Waals surface area contributed by atoms with E-state index in [9.17, 15) is 0 Å². The number of nitrogens with zero attached hydrogens (tertiary/aromatic N) is 3. The number of hydrogen-bond acceptors (Lipinski definition) is 6. The predicted molar refractivity (Wildman–Crippen MR) is 84.7 cm³/mol. The molecule has 5 nitrogen and oxygen atoms in total. The average Bonchev–Trinajstić information content (AvgIpc) is 2.86. The topological polar surface area (TPSA) is 62.7 Å². The van der Waals surface area contributed by atoms with Gasteiger partial charge in [0.2, 0.25) is 0 Å². The maximum Gasteiger partial charge on any atom is 0.134 e. The minimum atomic E-state index is 0.827. The molecule has 0 spiro atoms. The molecular formula is C14H21N5S. The van der Waals surface area contributed by atoms with Crippen LogP contribution in [-0.4, -0.2) is 28.5 Å². The first kappa shape index (κ1) is 14.7. The van der Waals surface area contributed by atoms with Crippen LogP contribution in [0.5, 0.6) is 0 Å². The Morgan fingerprint density at radius 2 is 1.90 bits per heavy atom. The monoisotopic (exact) mass is 291 g/mol. The molecule has 0 aromatic carbocycles. The minimum absolute atomic E-state index is 0.827. The fourth-order valence-corrected chi connectivity index (χ4v) is 2.62. The summed E-state index contributed by atoms with van der Waals surface area (Å²) >= 11 is 1.69. The van der Waals surface area contributed by atoms with Crippen molar-refractivity contribution in [2.24, 2.45) is 0 Å². The van der Waals surface area contributed by atoms with E-state index >= 15 is 0 Å². The second-order valence-corrected chi connectivity index (χ2v) is 5.66. The zero-order valence-electron chi connectivity index (χ0n) is 12.4. The summed E-state index contributed by atoms with van der Waals surface area (Å²) in [6.07, 6.45) is 1.74. The first-order valence-electron chi connectivity index (χ1n) is 6.84. The Morgan fingerprint density at radius 3 is 2.50 bits per heavy atom. The quantitative estimate of drug-likeness (QED) is 0.857. The van der Waals surface area contributed by atoms with Crippen LogP contribution in [-0.2, 0) is 12.8 Å². The summed E-state index contributed by atoms with van der Waals surface area (Å²) in [5.41, 5.74) is 2.19. The summed E-state index contributed by atoms with van der Waals surface area (Å²) in [5.74, 6) is 2.66. The molecule has 0 saturated heterocycles. The Morgan fingerprint density at radius 1 is 1.15 bits per heavy atom. The van der Waals surface area contributed by atoms with E-state index in [-0.39, 0.29) is 0 Å². The summed E-state index contributed by atoms with van der Waals surface area (Å²) in [7, 11) is 1.89. The SMILES string of the molecule is CCc1nc(NC)c(C)c(NCCc2csc(C)n2)n1. The third-order valence-electron chi connectivity index (χ3n) is 3.09. The summed E-state index contributed by atoms with van der Waals surface area (Å²) in [6.45, 7) is 6.95. The largest absolute Gasteiger partial charge is 0.373 e. The van der Waals surface area contributed by atoms with Gasteiger partial charge in [-0.3, -0.25) is 0 Å². The van der Waals surface area contributed by atoms with Gasteiger partial charge in [0.05, 0.1) is 10.7 Å². The molecule has 2 heterocycles. The molecule has 2 aromatic rings. The third kappa shape index (κ3) is 3.45. The molecule has 0 atom stereocenters. The highest BCUT2D eigenvalue weighted by Crippen LogP contribution is 2.19. The lowest BCUT2D eigenvalue weighted by Crippen LogP contribution is -2.12. The first-order chi connectivity index (χ1) is 9.63. The molecule has 108 valence electrons. The molecule has 2 aromatic heterocycles. The smallest absolute Gasteiger partial charge is 0.134 e. The van der Waals surface area contributed by atoms with Crippen LogP contribution in [0.4, 0.5) is 11.6 Å². The molecule has 2 N–H and O–H groups in total. The Hall–Kier alpha value is -1.69. The molecule has 0 bridgehead atoms. The van der Waals surface area contributed by atoms with E-state index in [2.05, 4.69) is 37.9 Å². The van der Waals surface area contributed by atoms with E-state index in [0.717, 1.165) is 53.1 Å². The van der Waals surface area contributed by atoms with E-state index in [1.54, 1.807) is 11.3 Å². The van der Waals surface area contributed by atoms with Gasteiger partial charge in [-0.15, -0.1) is 11.3 Å². The molecule has 0 fully saturated rings. The molecule has 0 amide bonds. The fraction of sp³-hybridized carbons (Fsp3) is 0.500. The first-order valence-corrected chi connectivity index (χ1v) is 7.72. The molecule has 2 rings (SSSR count). The van der Waals surface area contributed by atoms with E-state index in [4.69, 9.17) is 0 Å². The van der Waals surface area contributed by atoms with Crippen molar-refractivity contribution in [2.45, 2.75) is 33.6 Å². The van der Waals surface area contributed by atoms with Gasteiger partial charge in [0, 0.05) is 37.4 Å². The van der Waals surface area contributed by atoms with Gasteiger partial charge in [-0.25, -0.2) is 15.0 Å². The van der Waals surface area contributed by atoms with Crippen LogP contribution < -0.4 is 10.6 Å². The Bertz CT molecular complexity index is 579. The highest BCUT2D eigenvalue weighted by molar-refractivity contribution is 7.09. The van der Waals surface area contributed by atoms with Crippen molar-refractivity contribution in [1.82, 2.24) is 15.0 Å². The van der Waals surface area contributed by atoms with Gasteiger partial charge < -0.3 is 10.6 Å². The lowest BCUT2D eigenvalue weighted by Gasteiger charge is -2.13. The average molecular weight is 291 g/mol. The van der Waals surface area contributed by atoms with Gasteiger partial charge in [-0.05, 0) is 13.8 Å². The molecule has 0 unspecified atom stereocenters. The van der Waals surface area contributed by atoms with Crippen molar-refractivity contribution in [2.75, 3.05) is 24.2 Å². The predicted octanol–water partition coefficient (Wildman–Crippen LogP) is 2.81. The standard InChI is InChI=1S/C14H21N5S/c1-5-12-18-13(15-4)9(2)14(19-12)16-7-6-11-8-20-10(3)17-11/h8H,5-7H2,1-4H3,(H2,15,16,18,19). The zero-order chi connectivity index (χ0) is 14.5. The summed E-state index contributed by atoms with van der Waals surface area (Å²) in [5, 5.41) is 9.74. The summed E-state index contributed by atoms with van der Waals surface area (Å²) < 4.78 is 0. The van der Waals surface area contributed by atoms with Gasteiger partial charge in [-0.1, -0.05) is 6.92 Å². The molecule has 0 aliphatic heterocycles. The maximum atomic E-state index is 4.56. The van der Waals surface area contributed by atoms with Crippen molar-refractivity contribution >= 4 is 23.0 Å². The maximum absolute atomic E-state index is 4.56. The molecule has 0 aliphatic carbocycles.